The van der Waals surface area contributed by atoms with Crippen LogP contribution in [-0.2, 0) is 12.7 Å². The summed E-state index contributed by atoms with van der Waals surface area (Å²) in [5, 5.41) is 3.97. The van der Waals surface area contributed by atoms with Gasteiger partial charge in [-0.15, -0.1) is 0 Å². The summed E-state index contributed by atoms with van der Waals surface area (Å²) in [4.78, 5) is 25.0. The molecule has 21 heavy (non-hydrogen) atoms. The number of H-pyrrole nitrogens is 1. The minimum Gasteiger partial charge on any atom is -0.346 e. The summed E-state index contributed by atoms with van der Waals surface area (Å²) in [7, 11) is 0. The molecule has 0 saturated heterocycles. The van der Waals surface area contributed by atoms with E-state index < -0.39 is 17.6 Å². The number of thiazole rings is 1. The summed E-state index contributed by atoms with van der Waals surface area (Å²) in [5.41, 5.74) is -0.534. The molecule has 1 amide bonds. The molecular weight excluding hydrogens is 373 g/mol. The molecule has 0 saturated carbocycles. The van der Waals surface area contributed by atoms with Crippen LogP contribution in [0.4, 0.5) is 13.2 Å². The van der Waals surface area contributed by atoms with Crippen molar-refractivity contribution >= 4 is 33.2 Å². The Morgan fingerprint density at radius 3 is 2.67 bits per heavy atom. The smallest absolute Gasteiger partial charge is 0.346 e. The van der Waals surface area contributed by atoms with Crippen LogP contribution in [0.2, 0.25) is 0 Å². The molecule has 9 heteroatoms. The van der Waals surface area contributed by atoms with Crippen LogP contribution in [0, 0.1) is 0 Å². The van der Waals surface area contributed by atoms with Crippen molar-refractivity contribution in [1.82, 2.24) is 10.3 Å². The largest absolute Gasteiger partial charge is 0.417 e. The van der Waals surface area contributed by atoms with Crippen molar-refractivity contribution < 1.29 is 18.0 Å². The van der Waals surface area contributed by atoms with Crippen molar-refractivity contribution in [3.63, 3.8) is 0 Å². The van der Waals surface area contributed by atoms with E-state index in [1.165, 1.54) is 17.5 Å². The summed E-state index contributed by atoms with van der Waals surface area (Å²) >= 11 is 3.75. The number of aromatic nitrogens is 1. The number of alkyl halides is 3. The average molecular weight is 381 g/mol. The third-order valence-corrected chi connectivity index (χ3v) is 3.95. The molecule has 0 atom stereocenters. The van der Waals surface area contributed by atoms with Gasteiger partial charge in [-0.25, -0.2) is 0 Å². The van der Waals surface area contributed by atoms with E-state index in [2.05, 4.69) is 26.2 Å². The van der Waals surface area contributed by atoms with Gasteiger partial charge in [-0.2, -0.15) is 13.2 Å². The normalized spacial score (nSPS) is 11.4. The average Bonchev–Trinajstić information content (AvgIpc) is 2.81. The third kappa shape index (κ3) is 3.94. The maximum Gasteiger partial charge on any atom is 0.417 e. The standard InChI is InChI=1S/C12H8BrF3N2O2S/c13-9-2-1-6(3-8(9)12(14,15)16)10(19)17-4-7-5-21-11(20)18-7/h1-3,5H,4H2,(H,17,19)(H,18,20). The number of amides is 1. The predicted molar refractivity (Wildman–Crippen MR) is 75.3 cm³/mol. The number of halogens is 4. The number of nitrogens with one attached hydrogen (secondary N) is 2. The molecule has 1 aromatic carbocycles. The van der Waals surface area contributed by atoms with Gasteiger partial charge in [-0.3, -0.25) is 9.59 Å². The zero-order chi connectivity index (χ0) is 15.6. The number of benzene rings is 1. The second-order valence-electron chi connectivity index (χ2n) is 4.05. The monoisotopic (exact) mass is 380 g/mol. The van der Waals surface area contributed by atoms with Gasteiger partial charge in [0.25, 0.3) is 5.91 Å². The van der Waals surface area contributed by atoms with Gasteiger partial charge in [0.15, 0.2) is 0 Å². The van der Waals surface area contributed by atoms with Gasteiger partial charge in [0.2, 0.25) is 0 Å². The topological polar surface area (TPSA) is 62.0 Å². The second-order valence-corrected chi connectivity index (χ2v) is 5.74. The Labute approximate surface area is 129 Å². The van der Waals surface area contributed by atoms with Crippen LogP contribution in [-0.4, -0.2) is 10.9 Å². The molecule has 2 aromatic rings. The summed E-state index contributed by atoms with van der Waals surface area (Å²) < 4.78 is 38.1. The Kier molecular flexibility index (Phi) is 4.52. The first-order valence-electron chi connectivity index (χ1n) is 5.59. The minimum absolute atomic E-state index is 0.0367. The Balaban J connectivity index is 2.14. The van der Waals surface area contributed by atoms with E-state index in [-0.39, 0.29) is 21.5 Å². The summed E-state index contributed by atoms with van der Waals surface area (Å²) in [5.74, 6) is -0.653. The quantitative estimate of drug-likeness (QED) is 0.858. The summed E-state index contributed by atoms with van der Waals surface area (Å²) in [6.45, 7) is 0.0367. The van der Waals surface area contributed by atoms with E-state index >= 15 is 0 Å². The number of rotatable bonds is 3. The molecule has 1 heterocycles. The molecule has 2 N–H and O–H groups in total. The highest BCUT2D eigenvalue weighted by Gasteiger charge is 2.33. The van der Waals surface area contributed by atoms with Gasteiger partial charge in [0.05, 0.1) is 12.1 Å². The van der Waals surface area contributed by atoms with E-state index in [1.54, 1.807) is 0 Å². The van der Waals surface area contributed by atoms with Crippen LogP contribution >= 0.6 is 27.3 Å². The molecule has 0 fully saturated rings. The van der Waals surface area contributed by atoms with E-state index in [4.69, 9.17) is 0 Å². The number of carbonyl (C=O) groups excluding carboxylic acids is 1. The van der Waals surface area contributed by atoms with E-state index in [0.29, 0.717) is 5.69 Å². The van der Waals surface area contributed by atoms with Crippen molar-refractivity contribution in [3.05, 3.63) is 54.5 Å². The van der Waals surface area contributed by atoms with Crippen LogP contribution in [0.25, 0.3) is 0 Å². The predicted octanol–water partition coefficient (Wildman–Crippen LogP) is 3.15. The Bertz CT molecular complexity index is 724. The van der Waals surface area contributed by atoms with Crippen molar-refractivity contribution in [3.8, 4) is 0 Å². The lowest BCUT2D eigenvalue weighted by molar-refractivity contribution is -0.138. The Morgan fingerprint density at radius 1 is 1.38 bits per heavy atom. The van der Waals surface area contributed by atoms with Crippen LogP contribution in [0.15, 0.2) is 32.8 Å². The van der Waals surface area contributed by atoms with Crippen molar-refractivity contribution in [2.75, 3.05) is 0 Å². The number of carbonyl (C=O) groups is 1. The second kappa shape index (κ2) is 6.02. The van der Waals surface area contributed by atoms with Gasteiger partial charge in [0, 0.05) is 21.1 Å². The van der Waals surface area contributed by atoms with E-state index in [0.717, 1.165) is 17.4 Å². The Hall–Kier alpha value is -1.61. The molecule has 0 radical (unpaired) electrons. The fourth-order valence-corrected chi connectivity index (χ4v) is 2.61. The lowest BCUT2D eigenvalue weighted by Gasteiger charge is -2.11. The Morgan fingerprint density at radius 2 is 2.10 bits per heavy atom. The first-order chi connectivity index (χ1) is 9.77. The number of hydrogen-bond acceptors (Lipinski definition) is 3. The summed E-state index contributed by atoms with van der Waals surface area (Å²) in [6.07, 6.45) is -4.55. The lowest BCUT2D eigenvalue weighted by atomic mass is 10.1. The lowest BCUT2D eigenvalue weighted by Crippen LogP contribution is -2.23. The highest BCUT2D eigenvalue weighted by Crippen LogP contribution is 2.35. The number of aromatic amines is 1. The maximum atomic E-state index is 12.7. The van der Waals surface area contributed by atoms with Crippen LogP contribution in [0.1, 0.15) is 21.6 Å². The van der Waals surface area contributed by atoms with Gasteiger partial charge < -0.3 is 10.3 Å². The zero-order valence-corrected chi connectivity index (χ0v) is 12.7. The maximum absolute atomic E-state index is 12.7. The molecule has 1 aromatic heterocycles. The van der Waals surface area contributed by atoms with Gasteiger partial charge in [-0.1, -0.05) is 27.3 Å². The molecule has 0 aliphatic rings. The number of hydrogen-bond donors (Lipinski definition) is 2. The molecule has 0 aliphatic heterocycles. The first kappa shape index (κ1) is 15.8. The van der Waals surface area contributed by atoms with Crippen LogP contribution in [0.5, 0.6) is 0 Å². The molecule has 0 aliphatic carbocycles. The molecule has 0 unspecified atom stereocenters. The first-order valence-corrected chi connectivity index (χ1v) is 7.26. The van der Waals surface area contributed by atoms with Gasteiger partial charge in [0.1, 0.15) is 0 Å². The fourth-order valence-electron chi connectivity index (χ4n) is 1.56. The fraction of sp³-hybridized carbons (Fsp3) is 0.167. The highest BCUT2D eigenvalue weighted by molar-refractivity contribution is 9.10. The molecule has 0 bridgehead atoms. The molecular formula is C12H8BrF3N2O2S. The zero-order valence-electron chi connectivity index (χ0n) is 10.3. The van der Waals surface area contributed by atoms with E-state index in [9.17, 15) is 22.8 Å². The van der Waals surface area contributed by atoms with E-state index in [1.807, 2.05) is 0 Å². The van der Waals surface area contributed by atoms with Crippen LogP contribution in [0.3, 0.4) is 0 Å². The molecule has 0 spiro atoms. The third-order valence-electron chi connectivity index (χ3n) is 2.54. The van der Waals surface area contributed by atoms with Crippen molar-refractivity contribution in [2.45, 2.75) is 12.7 Å². The van der Waals surface area contributed by atoms with Crippen LogP contribution < -0.4 is 10.2 Å². The minimum atomic E-state index is -4.55. The van der Waals surface area contributed by atoms with Crippen molar-refractivity contribution in [2.24, 2.45) is 0 Å². The van der Waals surface area contributed by atoms with Crippen molar-refractivity contribution in [1.29, 1.82) is 0 Å². The van der Waals surface area contributed by atoms with Gasteiger partial charge in [-0.05, 0) is 18.2 Å². The molecule has 4 nitrogen and oxygen atoms in total. The molecule has 2 rings (SSSR count). The highest BCUT2D eigenvalue weighted by atomic mass is 79.9. The molecule has 112 valence electrons. The SMILES string of the molecule is O=C(NCc1csc(=O)[nH]1)c1ccc(Br)c(C(F)(F)F)c1. The van der Waals surface area contributed by atoms with Gasteiger partial charge >= 0.3 is 11.0 Å². The summed E-state index contributed by atoms with van der Waals surface area (Å²) in [6, 6.07) is 3.23.